The third-order valence-electron chi connectivity index (χ3n) is 2.65. The van der Waals surface area contributed by atoms with Gasteiger partial charge in [-0.1, -0.05) is 25.5 Å². The minimum atomic E-state index is -0.945. The van der Waals surface area contributed by atoms with E-state index in [9.17, 15) is 9.59 Å². The van der Waals surface area contributed by atoms with Gasteiger partial charge in [0.25, 0.3) is 0 Å². The summed E-state index contributed by atoms with van der Waals surface area (Å²) >= 11 is 0. The Kier molecular flexibility index (Phi) is 11.7. The molecule has 0 fully saturated rings. The number of hydrogen-bond donors (Lipinski definition) is 3. The summed E-state index contributed by atoms with van der Waals surface area (Å²) in [6, 6.07) is 0. The molecule has 1 amide bonds. The van der Waals surface area contributed by atoms with Crippen LogP contribution in [0.1, 0.15) is 39.0 Å². The summed E-state index contributed by atoms with van der Waals surface area (Å²) in [6.45, 7) is 2.60. The van der Waals surface area contributed by atoms with Crippen molar-refractivity contribution in [1.82, 2.24) is 10.2 Å². The van der Waals surface area contributed by atoms with Gasteiger partial charge >= 0.3 is 5.97 Å². The van der Waals surface area contributed by atoms with Gasteiger partial charge in [-0.05, 0) is 19.3 Å². The quantitative estimate of drug-likeness (QED) is 0.367. The van der Waals surface area contributed by atoms with Crippen LogP contribution in [0.25, 0.3) is 0 Å². The molecule has 3 N–H and O–H groups in total. The van der Waals surface area contributed by atoms with Crippen molar-refractivity contribution in [3.8, 4) is 0 Å². The zero-order chi connectivity index (χ0) is 15.2. The van der Waals surface area contributed by atoms with E-state index in [1.807, 2.05) is 6.08 Å². The lowest BCUT2D eigenvalue weighted by molar-refractivity contribution is -0.139. The molecule has 0 aliphatic heterocycles. The first-order valence-corrected chi connectivity index (χ1v) is 7.06. The number of allylic oxidation sites excluding steroid dienone is 2. The Balaban J connectivity index is 3.88. The number of amides is 1. The number of nitrogens with zero attached hydrogens (tertiary/aromatic N) is 1. The van der Waals surface area contributed by atoms with Crippen LogP contribution in [0.2, 0.25) is 0 Å². The van der Waals surface area contributed by atoms with E-state index in [1.165, 1.54) is 0 Å². The topological polar surface area (TPSA) is 89.9 Å². The molecule has 0 unspecified atom stereocenters. The number of unbranched alkanes of at least 4 members (excludes halogenated alkanes) is 1. The molecule has 0 aromatic heterocycles. The highest BCUT2D eigenvalue weighted by molar-refractivity contribution is 5.76. The first-order valence-electron chi connectivity index (χ1n) is 7.06. The standard InChI is InChI=1S/C14H26N2O4/c1-2-3-4-5-6-8-13(18)15-12-16(9-7-10-17)11-14(19)20/h4-5,17H,2-3,6-12H2,1H3,(H,15,18)(H,19,20)/b5-4+. The van der Waals surface area contributed by atoms with Crippen molar-refractivity contribution in [2.24, 2.45) is 0 Å². The highest BCUT2D eigenvalue weighted by Crippen LogP contribution is 1.96. The van der Waals surface area contributed by atoms with Crippen LogP contribution in [0.5, 0.6) is 0 Å². The lowest BCUT2D eigenvalue weighted by Crippen LogP contribution is -2.41. The van der Waals surface area contributed by atoms with Crippen LogP contribution in [-0.4, -0.2) is 53.4 Å². The van der Waals surface area contributed by atoms with Crippen LogP contribution < -0.4 is 5.32 Å². The normalized spacial score (nSPS) is 11.2. The van der Waals surface area contributed by atoms with Crippen molar-refractivity contribution in [3.63, 3.8) is 0 Å². The molecule has 0 aromatic carbocycles. The summed E-state index contributed by atoms with van der Waals surface area (Å²) in [6.07, 6.45) is 7.76. The molecule has 0 spiro atoms. The molecule has 0 rings (SSSR count). The van der Waals surface area contributed by atoms with Crippen LogP contribution in [-0.2, 0) is 9.59 Å². The minimum absolute atomic E-state index is 0.00624. The van der Waals surface area contributed by atoms with E-state index in [2.05, 4.69) is 18.3 Å². The number of aliphatic hydroxyl groups is 1. The first-order chi connectivity index (χ1) is 9.60. The summed E-state index contributed by atoms with van der Waals surface area (Å²) in [5.41, 5.74) is 0. The number of carbonyl (C=O) groups excluding carboxylic acids is 1. The van der Waals surface area contributed by atoms with Crippen molar-refractivity contribution in [2.45, 2.75) is 39.0 Å². The highest BCUT2D eigenvalue weighted by atomic mass is 16.4. The molecule has 0 aliphatic carbocycles. The number of carbonyl (C=O) groups is 2. The van der Waals surface area contributed by atoms with E-state index < -0.39 is 5.97 Å². The van der Waals surface area contributed by atoms with Gasteiger partial charge in [0.05, 0.1) is 13.2 Å². The molecule has 0 bridgehead atoms. The molecule has 20 heavy (non-hydrogen) atoms. The fourth-order valence-corrected chi connectivity index (χ4v) is 1.60. The summed E-state index contributed by atoms with van der Waals surface area (Å²) in [5.74, 6) is -1.04. The number of aliphatic hydroxyl groups excluding tert-OH is 1. The maximum absolute atomic E-state index is 11.6. The van der Waals surface area contributed by atoms with E-state index in [4.69, 9.17) is 10.2 Å². The number of nitrogens with one attached hydrogen (secondary N) is 1. The summed E-state index contributed by atoms with van der Waals surface area (Å²) < 4.78 is 0. The number of aliphatic carboxylic acids is 1. The van der Waals surface area contributed by atoms with E-state index in [0.29, 0.717) is 25.8 Å². The summed E-state index contributed by atoms with van der Waals surface area (Å²) in [5, 5.41) is 20.2. The molecular formula is C14H26N2O4. The summed E-state index contributed by atoms with van der Waals surface area (Å²) in [4.78, 5) is 23.8. The van der Waals surface area contributed by atoms with Crippen molar-refractivity contribution in [1.29, 1.82) is 0 Å². The highest BCUT2D eigenvalue weighted by Gasteiger charge is 2.10. The molecule has 0 radical (unpaired) electrons. The Labute approximate surface area is 120 Å². The lowest BCUT2D eigenvalue weighted by Gasteiger charge is -2.20. The Morgan fingerprint density at radius 2 is 1.95 bits per heavy atom. The Hall–Kier alpha value is -1.40. The van der Waals surface area contributed by atoms with Crippen molar-refractivity contribution < 1.29 is 19.8 Å². The van der Waals surface area contributed by atoms with Crippen LogP contribution in [0.4, 0.5) is 0 Å². The van der Waals surface area contributed by atoms with Gasteiger partial charge in [-0.25, -0.2) is 0 Å². The molecule has 0 aromatic rings. The number of carboxylic acids is 1. The smallest absolute Gasteiger partial charge is 0.317 e. The maximum Gasteiger partial charge on any atom is 0.317 e. The molecule has 6 nitrogen and oxygen atoms in total. The average molecular weight is 286 g/mol. The number of carboxylic acid groups (broad SMARTS) is 1. The van der Waals surface area contributed by atoms with Gasteiger partial charge < -0.3 is 15.5 Å². The van der Waals surface area contributed by atoms with Gasteiger partial charge in [-0.2, -0.15) is 0 Å². The fraction of sp³-hybridized carbons (Fsp3) is 0.714. The zero-order valence-electron chi connectivity index (χ0n) is 12.2. The van der Waals surface area contributed by atoms with E-state index >= 15 is 0 Å². The largest absolute Gasteiger partial charge is 0.480 e. The third-order valence-corrected chi connectivity index (χ3v) is 2.65. The van der Waals surface area contributed by atoms with E-state index in [1.54, 1.807) is 4.90 Å². The van der Waals surface area contributed by atoms with Crippen LogP contribution in [0.3, 0.4) is 0 Å². The predicted octanol–water partition coefficient (Wildman–Crippen LogP) is 0.966. The monoisotopic (exact) mass is 286 g/mol. The number of rotatable bonds is 12. The second-order valence-electron chi connectivity index (χ2n) is 4.58. The van der Waals surface area contributed by atoms with Crippen LogP contribution >= 0.6 is 0 Å². The Bertz CT molecular complexity index is 306. The Morgan fingerprint density at radius 1 is 1.25 bits per heavy atom. The SMILES string of the molecule is CCC/C=C/CCC(=O)NCN(CCCO)CC(=O)O. The predicted molar refractivity (Wildman–Crippen MR) is 77.2 cm³/mol. The second-order valence-corrected chi connectivity index (χ2v) is 4.58. The van der Waals surface area contributed by atoms with Gasteiger partial charge in [0.15, 0.2) is 0 Å². The maximum atomic E-state index is 11.6. The van der Waals surface area contributed by atoms with Crippen molar-refractivity contribution in [3.05, 3.63) is 12.2 Å². The minimum Gasteiger partial charge on any atom is -0.480 e. The van der Waals surface area contributed by atoms with Crippen LogP contribution in [0.15, 0.2) is 12.2 Å². The van der Waals surface area contributed by atoms with E-state index in [0.717, 1.165) is 12.8 Å². The summed E-state index contributed by atoms with van der Waals surface area (Å²) in [7, 11) is 0. The zero-order valence-corrected chi connectivity index (χ0v) is 12.2. The molecule has 0 aliphatic rings. The van der Waals surface area contributed by atoms with Crippen molar-refractivity contribution in [2.75, 3.05) is 26.4 Å². The molecule has 0 saturated carbocycles. The molecule has 0 saturated heterocycles. The second kappa shape index (κ2) is 12.6. The Morgan fingerprint density at radius 3 is 2.55 bits per heavy atom. The van der Waals surface area contributed by atoms with Gasteiger partial charge in [0.2, 0.25) is 5.91 Å². The lowest BCUT2D eigenvalue weighted by atomic mass is 10.2. The first kappa shape index (κ1) is 18.6. The van der Waals surface area contributed by atoms with Gasteiger partial charge in [0.1, 0.15) is 0 Å². The average Bonchev–Trinajstić information content (AvgIpc) is 2.41. The van der Waals surface area contributed by atoms with Gasteiger partial charge in [-0.3, -0.25) is 14.5 Å². The molecule has 0 heterocycles. The molecule has 116 valence electrons. The van der Waals surface area contributed by atoms with Crippen LogP contribution in [0, 0.1) is 0 Å². The fourth-order valence-electron chi connectivity index (χ4n) is 1.60. The van der Waals surface area contributed by atoms with Gasteiger partial charge in [-0.15, -0.1) is 0 Å². The molecular weight excluding hydrogens is 260 g/mol. The molecule has 0 atom stereocenters. The van der Waals surface area contributed by atoms with Gasteiger partial charge in [0, 0.05) is 19.6 Å². The number of hydrogen-bond acceptors (Lipinski definition) is 4. The van der Waals surface area contributed by atoms with Crippen molar-refractivity contribution >= 4 is 11.9 Å². The third kappa shape index (κ3) is 11.7. The van der Waals surface area contributed by atoms with E-state index in [-0.39, 0.29) is 25.7 Å². The molecule has 6 heteroatoms.